The summed E-state index contributed by atoms with van der Waals surface area (Å²) in [5.74, 6) is 0.617. The van der Waals surface area contributed by atoms with Crippen LogP contribution in [0.3, 0.4) is 0 Å². The monoisotopic (exact) mass is 355 g/mol. The van der Waals surface area contributed by atoms with E-state index in [9.17, 15) is 0 Å². The van der Waals surface area contributed by atoms with E-state index in [4.69, 9.17) is 22.3 Å². The summed E-state index contributed by atoms with van der Waals surface area (Å²) < 4.78 is 2.09. The third-order valence-electron chi connectivity index (χ3n) is 4.98. The highest BCUT2D eigenvalue weighted by Crippen LogP contribution is 2.33. The van der Waals surface area contributed by atoms with Crippen molar-refractivity contribution in [2.24, 2.45) is 12.8 Å². The molecular formula is C19H22ClN5. The largest absolute Gasteiger partial charge is 0.351 e. The average molecular weight is 356 g/mol. The van der Waals surface area contributed by atoms with E-state index in [-0.39, 0.29) is 6.04 Å². The van der Waals surface area contributed by atoms with E-state index < -0.39 is 0 Å². The Morgan fingerprint density at radius 2 is 2.16 bits per heavy atom. The third-order valence-corrected chi connectivity index (χ3v) is 5.25. The molecule has 0 aliphatic heterocycles. The molecule has 25 heavy (non-hydrogen) atoms. The molecule has 6 heteroatoms. The number of aryl methyl sites for hydroxylation is 1. The highest BCUT2D eigenvalue weighted by molar-refractivity contribution is 6.33. The summed E-state index contributed by atoms with van der Waals surface area (Å²) in [5.41, 5.74) is 9.02. The molecule has 0 amide bonds. The van der Waals surface area contributed by atoms with E-state index in [1.165, 1.54) is 0 Å². The lowest BCUT2D eigenvalue weighted by molar-refractivity contribution is 0.408. The van der Waals surface area contributed by atoms with Gasteiger partial charge >= 0.3 is 0 Å². The molecule has 3 N–H and O–H groups in total. The van der Waals surface area contributed by atoms with E-state index in [1.807, 2.05) is 19.3 Å². The summed E-state index contributed by atoms with van der Waals surface area (Å²) in [6.07, 6.45) is 8.02. The maximum atomic E-state index is 6.42. The lowest BCUT2D eigenvalue weighted by atomic mass is 9.92. The molecule has 1 aliphatic rings. The second-order valence-electron chi connectivity index (χ2n) is 6.82. The Labute approximate surface area is 152 Å². The molecule has 0 saturated heterocycles. The minimum Gasteiger partial charge on any atom is -0.351 e. The molecule has 0 spiro atoms. The Hall–Kier alpha value is -2.11. The van der Waals surface area contributed by atoms with E-state index >= 15 is 0 Å². The van der Waals surface area contributed by atoms with Crippen LogP contribution in [0, 0.1) is 0 Å². The Bertz CT molecular complexity index is 904. The first-order valence-electron chi connectivity index (χ1n) is 8.71. The van der Waals surface area contributed by atoms with Gasteiger partial charge in [-0.1, -0.05) is 23.7 Å². The number of nitrogens with zero attached hydrogens (tertiary/aromatic N) is 3. The number of benzene rings is 1. The Morgan fingerprint density at radius 1 is 1.28 bits per heavy atom. The van der Waals surface area contributed by atoms with Gasteiger partial charge in [0.15, 0.2) is 0 Å². The first-order valence-corrected chi connectivity index (χ1v) is 9.08. The quantitative estimate of drug-likeness (QED) is 0.745. The number of nitrogens with one attached hydrogen (secondary N) is 1. The number of hydrogen-bond donors (Lipinski definition) is 2. The number of aromatic nitrogens is 3. The van der Waals surface area contributed by atoms with Crippen LogP contribution >= 0.6 is 11.6 Å². The van der Waals surface area contributed by atoms with Crippen LogP contribution in [0.1, 0.15) is 25.7 Å². The van der Waals surface area contributed by atoms with Gasteiger partial charge < -0.3 is 15.6 Å². The standard InChI is InChI=1S/C19H22ClN5/c1-25-9-8-14-15(6-3-7-17(14)25)18-16(20)11-22-19(24-18)23-13-5-2-4-12(21)10-13/h3,6-9,11-13H,2,4-5,10,21H2,1H3,(H,22,23,24)/t12-,13+/m0/s1. The maximum absolute atomic E-state index is 6.42. The number of anilines is 1. The predicted molar refractivity (Wildman–Crippen MR) is 103 cm³/mol. The first-order chi connectivity index (χ1) is 12.1. The number of hydrogen-bond acceptors (Lipinski definition) is 4. The van der Waals surface area contributed by atoms with Crippen molar-refractivity contribution in [3.8, 4) is 11.3 Å². The third kappa shape index (κ3) is 3.22. The van der Waals surface area contributed by atoms with Crippen molar-refractivity contribution >= 4 is 28.5 Å². The second kappa shape index (κ2) is 6.65. The fourth-order valence-corrected chi connectivity index (χ4v) is 3.87. The van der Waals surface area contributed by atoms with Crippen molar-refractivity contribution in [3.63, 3.8) is 0 Å². The van der Waals surface area contributed by atoms with Crippen LogP contribution < -0.4 is 11.1 Å². The van der Waals surface area contributed by atoms with Gasteiger partial charge in [-0.3, -0.25) is 0 Å². The van der Waals surface area contributed by atoms with Crippen LogP contribution in [0.15, 0.2) is 36.7 Å². The zero-order valence-electron chi connectivity index (χ0n) is 14.2. The number of fused-ring (bicyclic) bond motifs is 1. The van der Waals surface area contributed by atoms with Gasteiger partial charge in [0.05, 0.1) is 16.9 Å². The van der Waals surface area contributed by atoms with Crippen molar-refractivity contribution in [2.45, 2.75) is 37.8 Å². The molecule has 1 aliphatic carbocycles. The Kier molecular flexibility index (Phi) is 4.36. The van der Waals surface area contributed by atoms with Crippen LogP contribution in [-0.2, 0) is 7.05 Å². The second-order valence-corrected chi connectivity index (χ2v) is 7.23. The highest BCUT2D eigenvalue weighted by atomic mass is 35.5. The minimum atomic E-state index is 0.260. The van der Waals surface area contributed by atoms with Crippen molar-refractivity contribution < 1.29 is 0 Å². The molecule has 1 saturated carbocycles. The lowest BCUT2D eigenvalue weighted by Crippen LogP contribution is -2.35. The molecule has 0 unspecified atom stereocenters. The molecule has 1 aromatic carbocycles. The van der Waals surface area contributed by atoms with Crippen LogP contribution in [-0.4, -0.2) is 26.6 Å². The fraction of sp³-hybridized carbons (Fsp3) is 0.368. The van der Waals surface area contributed by atoms with Crippen molar-refractivity contribution in [3.05, 3.63) is 41.7 Å². The van der Waals surface area contributed by atoms with Crippen LogP contribution in [0.2, 0.25) is 5.02 Å². The summed E-state index contributed by atoms with van der Waals surface area (Å²) in [5, 5.41) is 5.13. The van der Waals surface area contributed by atoms with E-state index in [0.29, 0.717) is 17.0 Å². The zero-order valence-corrected chi connectivity index (χ0v) is 15.0. The summed E-state index contributed by atoms with van der Waals surface area (Å²) in [4.78, 5) is 9.09. The predicted octanol–water partition coefficient (Wildman–Crippen LogP) is 3.97. The van der Waals surface area contributed by atoms with Crippen molar-refractivity contribution in [1.82, 2.24) is 14.5 Å². The molecule has 4 rings (SSSR count). The molecular weight excluding hydrogens is 334 g/mol. The van der Waals surface area contributed by atoms with Crippen molar-refractivity contribution in [1.29, 1.82) is 0 Å². The van der Waals surface area contributed by atoms with Gasteiger partial charge in [-0.25, -0.2) is 9.97 Å². The van der Waals surface area contributed by atoms with Crippen molar-refractivity contribution in [2.75, 3.05) is 5.32 Å². The zero-order chi connectivity index (χ0) is 17.4. The highest BCUT2D eigenvalue weighted by Gasteiger charge is 2.20. The molecule has 130 valence electrons. The molecule has 2 atom stereocenters. The Balaban J connectivity index is 1.70. The first kappa shape index (κ1) is 16.4. The van der Waals surface area contributed by atoms with Gasteiger partial charge in [0, 0.05) is 41.8 Å². The van der Waals surface area contributed by atoms with Crippen LogP contribution in [0.25, 0.3) is 22.2 Å². The minimum absolute atomic E-state index is 0.260. The lowest BCUT2D eigenvalue weighted by Gasteiger charge is -2.27. The maximum Gasteiger partial charge on any atom is 0.223 e. The average Bonchev–Trinajstić information content (AvgIpc) is 2.98. The van der Waals surface area contributed by atoms with Crippen LogP contribution in [0.5, 0.6) is 0 Å². The topological polar surface area (TPSA) is 68.8 Å². The van der Waals surface area contributed by atoms with E-state index in [0.717, 1.165) is 47.8 Å². The molecule has 2 heterocycles. The number of rotatable bonds is 3. The normalized spacial score (nSPS) is 20.8. The van der Waals surface area contributed by atoms with Gasteiger partial charge in [0.1, 0.15) is 0 Å². The number of nitrogens with two attached hydrogens (primary N) is 1. The SMILES string of the molecule is Cn1ccc2c(-c3nc(N[C@@H]4CCC[C@H](N)C4)ncc3Cl)cccc21. The van der Waals surface area contributed by atoms with Gasteiger partial charge in [-0.05, 0) is 37.8 Å². The molecule has 2 aromatic heterocycles. The molecule has 0 bridgehead atoms. The molecule has 1 fully saturated rings. The van der Waals surface area contributed by atoms with Gasteiger partial charge in [0.25, 0.3) is 0 Å². The number of halogens is 1. The summed E-state index contributed by atoms with van der Waals surface area (Å²) >= 11 is 6.42. The van der Waals surface area contributed by atoms with E-state index in [1.54, 1.807) is 6.20 Å². The van der Waals surface area contributed by atoms with Gasteiger partial charge in [-0.2, -0.15) is 0 Å². The smallest absolute Gasteiger partial charge is 0.223 e. The Morgan fingerprint density at radius 3 is 3.00 bits per heavy atom. The summed E-state index contributed by atoms with van der Waals surface area (Å²) in [7, 11) is 2.03. The summed E-state index contributed by atoms with van der Waals surface area (Å²) in [6, 6.07) is 8.86. The van der Waals surface area contributed by atoms with E-state index in [2.05, 4.69) is 33.1 Å². The van der Waals surface area contributed by atoms with Crippen LogP contribution in [0.4, 0.5) is 5.95 Å². The molecule has 5 nitrogen and oxygen atoms in total. The fourth-order valence-electron chi connectivity index (χ4n) is 3.68. The van der Waals surface area contributed by atoms with Gasteiger partial charge in [0.2, 0.25) is 5.95 Å². The van der Waals surface area contributed by atoms with Gasteiger partial charge in [-0.15, -0.1) is 0 Å². The molecule has 3 aromatic rings. The summed E-state index contributed by atoms with van der Waals surface area (Å²) in [6.45, 7) is 0. The molecule has 0 radical (unpaired) electrons.